The Labute approximate surface area is 177 Å². The molecule has 1 aliphatic carbocycles. The number of amides is 1. The number of thioether (sulfide) groups is 1. The minimum absolute atomic E-state index is 0.0858. The number of nitrogens with zero attached hydrogens (tertiary/aromatic N) is 4. The molecule has 1 aliphatic heterocycles. The van der Waals surface area contributed by atoms with E-state index in [9.17, 15) is 4.79 Å². The van der Waals surface area contributed by atoms with Crippen molar-refractivity contribution in [2.45, 2.75) is 56.5 Å². The summed E-state index contributed by atoms with van der Waals surface area (Å²) in [6.07, 6.45) is 10.1. The molecule has 1 aromatic carbocycles. The summed E-state index contributed by atoms with van der Waals surface area (Å²) in [7, 11) is 0. The average molecular weight is 414 g/mol. The van der Waals surface area contributed by atoms with E-state index in [2.05, 4.69) is 37.1 Å². The van der Waals surface area contributed by atoms with Crippen molar-refractivity contribution in [3.05, 3.63) is 30.3 Å². The number of benzene rings is 1. The van der Waals surface area contributed by atoms with Crippen LogP contribution in [-0.4, -0.2) is 46.1 Å². The van der Waals surface area contributed by atoms with Crippen LogP contribution < -0.4 is 10.2 Å². The molecule has 2 aromatic rings. The second kappa shape index (κ2) is 10.1. The number of para-hydroxylation sites is 1. The molecule has 29 heavy (non-hydrogen) atoms. The average Bonchev–Trinajstić information content (AvgIpc) is 3.22. The van der Waals surface area contributed by atoms with E-state index in [1.54, 1.807) is 0 Å². The van der Waals surface area contributed by atoms with Crippen LogP contribution in [0.3, 0.4) is 0 Å². The van der Waals surface area contributed by atoms with Crippen LogP contribution in [0.4, 0.5) is 5.95 Å². The van der Waals surface area contributed by atoms with E-state index in [1.807, 2.05) is 18.2 Å². The highest BCUT2D eigenvalue weighted by molar-refractivity contribution is 7.99. The number of hydrogen-bond acceptors (Lipinski definition) is 5. The van der Waals surface area contributed by atoms with Gasteiger partial charge in [-0.15, -0.1) is 10.2 Å². The Kier molecular flexibility index (Phi) is 7.09. The summed E-state index contributed by atoms with van der Waals surface area (Å²) in [5.41, 5.74) is 1.04. The predicted molar refractivity (Wildman–Crippen MR) is 118 cm³/mol. The highest BCUT2D eigenvalue weighted by atomic mass is 32.2. The molecule has 0 unspecified atom stereocenters. The molecule has 0 radical (unpaired) electrons. The van der Waals surface area contributed by atoms with E-state index in [4.69, 9.17) is 0 Å². The smallest absolute Gasteiger partial charge is 0.232 e. The number of aromatic nitrogens is 3. The van der Waals surface area contributed by atoms with Crippen molar-refractivity contribution < 1.29 is 4.79 Å². The Morgan fingerprint density at radius 1 is 1.00 bits per heavy atom. The van der Waals surface area contributed by atoms with Crippen LogP contribution in [0.25, 0.3) is 5.69 Å². The van der Waals surface area contributed by atoms with Crippen LogP contribution >= 0.6 is 11.8 Å². The van der Waals surface area contributed by atoms with E-state index in [1.165, 1.54) is 63.1 Å². The largest absolute Gasteiger partial charge is 0.355 e. The topological polar surface area (TPSA) is 63.1 Å². The molecular formula is C22H31N5OS. The molecule has 6 nitrogen and oxygen atoms in total. The summed E-state index contributed by atoms with van der Waals surface area (Å²) >= 11 is 1.47. The molecule has 0 atom stereocenters. The SMILES string of the molecule is O=C(CSc1nnc(N2CCCCC2)n1-c1ccccc1)NCC1CCCCC1. The lowest BCUT2D eigenvalue weighted by molar-refractivity contribution is -0.118. The Bertz CT molecular complexity index is 782. The van der Waals surface area contributed by atoms with Gasteiger partial charge in [-0.2, -0.15) is 0 Å². The first-order chi connectivity index (χ1) is 14.3. The summed E-state index contributed by atoms with van der Waals surface area (Å²) in [5, 5.41) is 12.9. The minimum Gasteiger partial charge on any atom is -0.355 e. The maximum atomic E-state index is 12.4. The minimum atomic E-state index is 0.0858. The van der Waals surface area contributed by atoms with Crippen LogP contribution in [0.1, 0.15) is 51.4 Å². The van der Waals surface area contributed by atoms with Crippen molar-refractivity contribution in [2.24, 2.45) is 5.92 Å². The highest BCUT2D eigenvalue weighted by Crippen LogP contribution is 2.28. The first-order valence-electron chi connectivity index (χ1n) is 11.0. The Balaban J connectivity index is 1.42. The number of rotatable bonds is 7. The van der Waals surface area contributed by atoms with Gasteiger partial charge >= 0.3 is 0 Å². The van der Waals surface area contributed by atoms with Crippen molar-refractivity contribution in [1.29, 1.82) is 0 Å². The van der Waals surface area contributed by atoms with Gasteiger partial charge in [0.2, 0.25) is 11.9 Å². The second-order valence-corrected chi connectivity index (χ2v) is 9.04. The molecule has 1 amide bonds. The van der Waals surface area contributed by atoms with E-state index in [0.29, 0.717) is 11.7 Å². The molecule has 0 bridgehead atoms. The molecular weight excluding hydrogens is 382 g/mol. The van der Waals surface area contributed by atoms with Crippen molar-refractivity contribution in [1.82, 2.24) is 20.1 Å². The van der Waals surface area contributed by atoms with Gasteiger partial charge in [0.25, 0.3) is 0 Å². The number of hydrogen-bond donors (Lipinski definition) is 1. The zero-order chi connectivity index (χ0) is 19.9. The molecule has 156 valence electrons. The van der Waals surface area contributed by atoms with Crippen LogP contribution in [-0.2, 0) is 4.79 Å². The second-order valence-electron chi connectivity index (χ2n) is 8.10. The number of carbonyl (C=O) groups excluding carboxylic acids is 1. The molecule has 7 heteroatoms. The molecule has 4 rings (SSSR count). The number of anilines is 1. The zero-order valence-corrected chi connectivity index (χ0v) is 17.9. The molecule has 2 fully saturated rings. The summed E-state index contributed by atoms with van der Waals surface area (Å²) in [6.45, 7) is 2.83. The lowest BCUT2D eigenvalue weighted by Gasteiger charge is -2.27. The van der Waals surface area contributed by atoms with E-state index in [-0.39, 0.29) is 5.91 Å². The standard InChI is InChI=1S/C22H31N5OS/c28-20(23-16-18-10-4-1-5-11-18)17-29-22-25-24-21(26-14-8-3-9-15-26)27(22)19-12-6-2-7-13-19/h2,6-7,12-13,18H,1,3-5,8-11,14-17H2,(H,23,28). The normalized spacial score (nSPS) is 18.0. The molecule has 2 heterocycles. The van der Waals surface area contributed by atoms with Crippen LogP contribution in [0.2, 0.25) is 0 Å². The lowest BCUT2D eigenvalue weighted by Crippen LogP contribution is -2.32. The summed E-state index contributed by atoms with van der Waals surface area (Å²) in [5.74, 6) is 2.00. The molecule has 1 saturated carbocycles. The number of nitrogens with one attached hydrogen (secondary N) is 1. The maximum Gasteiger partial charge on any atom is 0.232 e. The van der Waals surface area contributed by atoms with Crippen LogP contribution in [0.15, 0.2) is 35.5 Å². The quantitative estimate of drug-likeness (QED) is 0.694. The molecule has 1 saturated heterocycles. The fraction of sp³-hybridized carbons (Fsp3) is 0.591. The van der Waals surface area contributed by atoms with Gasteiger partial charge in [-0.05, 0) is 50.2 Å². The van der Waals surface area contributed by atoms with Gasteiger partial charge in [0.1, 0.15) is 0 Å². The molecule has 1 aromatic heterocycles. The van der Waals surface area contributed by atoms with Crippen LogP contribution in [0.5, 0.6) is 0 Å². The Morgan fingerprint density at radius 3 is 2.48 bits per heavy atom. The van der Waals surface area contributed by atoms with Gasteiger partial charge in [0, 0.05) is 19.6 Å². The molecule has 2 aliphatic rings. The van der Waals surface area contributed by atoms with E-state index >= 15 is 0 Å². The monoisotopic (exact) mass is 413 g/mol. The van der Waals surface area contributed by atoms with Gasteiger partial charge in [0.05, 0.1) is 11.4 Å². The van der Waals surface area contributed by atoms with E-state index < -0.39 is 0 Å². The van der Waals surface area contributed by atoms with Crippen molar-refractivity contribution in [3.63, 3.8) is 0 Å². The maximum absolute atomic E-state index is 12.4. The summed E-state index contributed by atoms with van der Waals surface area (Å²) in [4.78, 5) is 14.7. The Morgan fingerprint density at radius 2 is 1.72 bits per heavy atom. The lowest BCUT2D eigenvalue weighted by atomic mass is 9.89. The van der Waals surface area contributed by atoms with Crippen LogP contribution in [0, 0.1) is 5.92 Å². The van der Waals surface area contributed by atoms with Gasteiger partial charge in [-0.1, -0.05) is 49.2 Å². The van der Waals surface area contributed by atoms with Gasteiger partial charge < -0.3 is 10.2 Å². The van der Waals surface area contributed by atoms with Crippen molar-refractivity contribution in [2.75, 3.05) is 30.3 Å². The summed E-state index contributed by atoms with van der Waals surface area (Å²) < 4.78 is 2.10. The third kappa shape index (κ3) is 5.32. The van der Waals surface area contributed by atoms with E-state index in [0.717, 1.165) is 36.4 Å². The Hall–Kier alpha value is -2.02. The first-order valence-corrected chi connectivity index (χ1v) is 11.9. The fourth-order valence-electron chi connectivity index (χ4n) is 4.29. The predicted octanol–water partition coefficient (Wildman–Crippen LogP) is 4.05. The zero-order valence-electron chi connectivity index (χ0n) is 17.1. The first kappa shape index (κ1) is 20.3. The number of carbonyl (C=O) groups is 1. The fourth-order valence-corrected chi connectivity index (χ4v) is 5.06. The van der Waals surface area contributed by atoms with Gasteiger partial charge in [-0.25, -0.2) is 0 Å². The van der Waals surface area contributed by atoms with Crippen molar-refractivity contribution in [3.8, 4) is 5.69 Å². The number of piperidine rings is 1. The molecule has 0 spiro atoms. The molecule has 1 N–H and O–H groups in total. The van der Waals surface area contributed by atoms with Gasteiger partial charge in [0.15, 0.2) is 5.16 Å². The third-order valence-corrected chi connectivity index (χ3v) is 6.84. The highest BCUT2D eigenvalue weighted by Gasteiger charge is 2.22. The van der Waals surface area contributed by atoms with Crippen molar-refractivity contribution >= 4 is 23.6 Å². The third-order valence-electron chi connectivity index (χ3n) is 5.91. The van der Waals surface area contributed by atoms with Gasteiger partial charge in [-0.3, -0.25) is 9.36 Å². The summed E-state index contributed by atoms with van der Waals surface area (Å²) in [6, 6.07) is 10.2.